The molecule has 0 spiro atoms. The monoisotopic (exact) mass is 175 g/mol. The molecule has 1 heterocycles. The van der Waals surface area contributed by atoms with Crippen molar-refractivity contribution in [1.29, 1.82) is 0 Å². The van der Waals surface area contributed by atoms with E-state index in [9.17, 15) is 0 Å². The minimum absolute atomic E-state index is 0.0321. The van der Waals surface area contributed by atoms with E-state index in [-0.39, 0.29) is 6.04 Å². The molecule has 3 N–H and O–H groups in total. The molecule has 1 unspecified atom stereocenters. The first kappa shape index (κ1) is 9.40. The minimum Gasteiger partial charge on any atom is -0.396 e. The van der Waals surface area contributed by atoms with Crippen molar-refractivity contribution in [2.75, 3.05) is 11.1 Å². The van der Waals surface area contributed by atoms with Crippen LogP contribution in [0.3, 0.4) is 0 Å². The Kier molecular flexibility index (Phi) is 3.15. The first-order chi connectivity index (χ1) is 6.27. The summed E-state index contributed by atoms with van der Waals surface area (Å²) < 4.78 is 0. The topological polar surface area (TPSA) is 50.9 Å². The summed E-state index contributed by atoms with van der Waals surface area (Å²) in [6.07, 6.45) is 9.47. The maximum Gasteiger partial charge on any atom is 0.0872 e. The lowest BCUT2D eigenvalue weighted by molar-refractivity contribution is 0.858. The Balaban J connectivity index is 2.74. The summed E-state index contributed by atoms with van der Waals surface area (Å²) in [7, 11) is 0. The van der Waals surface area contributed by atoms with E-state index in [1.807, 2.05) is 13.0 Å². The Morgan fingerprint density at radius 3 is 3.08 bits per heavy atom. The van der Waals surface area contributed by atoms with Gasteiger partial charge in [0.15, 0.2) is 0 Å². The molecule has 68 valence electrons. The summed E-state index contributed by atoms with van der Waals surface area (Å²) in [5.74, 6) is 2.64. The van der Waals surface area contributed by atoms with E-state index in [2.05, 4.69) is 16.2 Å². The van der Waals surface area contributed by atoms with Gasteiger partial charge < -0.3 is 11.1 Å². The van der Waals surface area contributed by atoms with Crippen molar-refractivity contribution in [3.63, 3.8) is 0 Å². The summed E-state index contributed by atoms with van der Waals surface area (Å²) in [4.78, 5) is 3.89. The molecule has 1 rings (SSSR count). The number of nitrogens with zero attached hydrogens (tertiary/aromatic N) is 1. The highest BCUT2D eigenvalue weighted by Gasteiger charge is 2.03. The Labute approximate surface area is 78.4 Å². The molecule has 0 fully saturated rings. The van der Waals surface area contributed by atoms with Crippen molar-refractivity contribution in [1.82, 2.24) is 4.98 Å². The molecule has 0 amide bonds. The Morgan fingerprint density at radius 1 is 1.77 bits per heavy atom. The highest BCUT2D eigenvalue weighted by molar-refractivity contribution is 5.65. The third-order valence-corrected chi connectivity index (χ3v) is 1.79. The fourth-order valence-corrected chi connectivity index (χ4v) is 0.987. The molecular weight excluding hydrogens is 162 g/mol. The second-order valence-corrected chi connectivity index (χ2v) is 2.73. The number of aromatic nitrogens is 1. The Bertz CT molecular complexity index is 314. The predicted molar refractivity (Wildman–Crippen MR) is 55.2 cm³/mol. The molecule has 3 heteroatoms. The zero-order valence-electron chi connectivity index (χ0n) is 7.62. The van der Waals surface area contributed by atoms with Crippen LogP contribution in [0.15, 0.2) is 18.5 Å². The summed E-state index contributed by atoms with van der Waals surface area (Å²) in [5, 5.41) is 3.15. The first-order valence-electron chi connectivity index (χ1n) is 4.20. The smallest absolute Gasteiger partial charge is 0.0872 e. The molecule has 13 heavy (non-hydrogen) atoms. The van der Waals surface area contributed by atoms with E-state index in [1.54, 1.807) is 12.4 Å². The zero-order chi connectivity index (χ0) is 9.68. The van der Waals surface area contributed by atoms with Crippen molar-refractivity contribution >= 4 is 11.4 Å². The lowest BCUT2D eigenvalue weighted by Gasteiger charge is -2.13. The quantitative estimate of drug-likeness (QED) is 0.684. The number of hydrogen-bond acceptors (Lipinski definition) is 3. The largest absolute Gasteiger partial charge is 0.396 e. The number of rotatable bonds is 3. The molecule has 0 aliphatic heterocycles. The molecule has 0 aliphatic rings. The molecule has 3 nitrogen and oxygen atoms in total. The SMILES string of the molecule is C#CC(CC)Nc1ccncc1N. The number of nitrogens with one attached hydrogen (secondary N) is 1. The van der Waals surface area contributed by atoms with Crippen LogP contribution in [-0.4, -0.2) is 11.0 Å². The van der Waals surface area contributed by atoms with Crippen LogP contribution in [0.25, 0.3) is 0 Å². The van der Waals surface area contributed by atoms with Gasteiger partial charge in [-0.2, -0.15) is 0 Å². The van der Waals surface area contributed by atoms with Crippen LogP contribution >= 0.6 is 0 Å². The second-order valence-electron chi connectivity index (χ2n) is 2.73. The van der Waals surface area contributed by atoms with Crippen molar-refractivity contribution in [3.05, 3.63) is 18.5 Å². The summed E-state index contributed by atoms with van der Waals surface area (Å²) in [6, 6.07) is 1.85. The van der Waals surface area contributed by atoms with Gasteiger partial charge in [0.1, 0.15) is 0 Å². The van der Waals surface area contributed by atoms with E-state index >= 15 is 0 Å². The van der Waals surface area contributed by atoms with Crippen molar-refractivity contribution < 1.29 is 0 Å². The van der Waals surface area contributed by atoms with Gasteiger partial charge in [-0.05, 0) is 12.5 Å². The van der Waals surface area contributed by atoms with Crippen LogP contribution in [-0.2, 0) is 0 Å². The lowest BCUT2D eigenvalue weighted by Crippen LogP contribution is -2.16. The highest BCUT2D eigenvalue weighted by Crippen LogP contribution is 2.16. The lowest BCUT2D eigenvalue weighted by atomic mass is 10.2. The fourth-order valence-electron chi connectivity index (χ4n) is 0.987. The van der Waals surface area contributed by atoms with Gasteiger partial charge in [-0.25, -0.2) is 0 Å². The molecule has 0 saturated carbocycles. The summed E-state index contributed by atoms with van der Waals surface area (Å²) in [5.41, 5.74) is 7.15. The van der Waals surface area contributed by atoms with Gasteiger partial charge in [0.05, 0.1) is 23.6 Å². The number of nitrogens with two attached hydrogens (primary N) is 1. The van der Waals surface area contributed by atoms with Crippen molar-refractivity contribution in [2.24, 2.45) is 0 Å². The molecule has 0 saturated heterocycles. The third-order valence-electron chi connectivity index (χ3n) is 1.79. The normalized spacial score (nSPS) is 11.7. The average Bonchev–Trinajstić information content (AvgIpc) is 2.17. The van der Waals surface area contributed by atoms with E-state index in [4.69, 9.17) is 12.2 Å². The van der Waals surface area contributed by atoms with Gasteiger partial charge in [0.25, 0.3) is 0 Å². The van der Waals surface area contributed by atoms with Gasteiger partial charge in [-0.15, -0.1) is 6.42 Å². The van der Waals surface area contributed by atoms with E-state index < -0.39 is 0 Å². The van der Waals surface area contributed by atoms with Crippen LogP contribution in [0, 0.1) is 12.3 Å². The minimum atomic E-state index is 0.0321. The molecule has 0 bridgehead atoms. The Hall–Kier alpha value is -1.69. The number of hydrogen-bond donors (Lipinski definition) is 2. The molecule has 1 aromatic rings. The average molecular weight is 175 g/mol. The van der Waals surface area contributed by atoms with Gasteiger partial charge >= 0.3 is 0 Å². The maximum atomic E-state index is 5.68. The van der Waals surface area contributed by atoms with E-state index in [0.29, 0.717) is 5.69 Å². The zero-order valence-corrected chi connectivity index (χ0v) is 7.62. The van der Waals surface area contributed by atoms with E-state index in [1.165, 1.54) is 0 Å². The summed E-state index contributed by atoms with van der Waals surface area (Å²) >= 11 is 0. The Morgan fingerprint density at radius 2 is 2.54 bits per heavy atom. The van der Waals surface area contributed by atoms with Gasteiger partial charge in [0.2, 0.25) is 0 Å². The predicted octanol–water partition coefficient (Wildman–Crippen LogP) is 1.49. The molecular formula is C10H13N3. The van der Waals surface area contributed by atoms with Crippen LogP contribution in [0.2, 0.25) is 0 Å². The van der Waals surface area contributed by atoms with Gasteiger partial charge in [-0.1, -0.05) is 12.8 Å². The maximum absolute atomic E-state index is 5.68. The standard InChI is InChI=1S/C10H13N3/c1-3-8(4-2)13-10-5-6-12-7-9(10)11/h1,5-8H,4,11H2,2H3,(H,12,13). The molecule has 0 aliphatic carbocycles. The van der Waals surface area contributed by atoms with E-state index in [0.717, 1.165) is 12.1 Å². The molecule has 0 radical (unpaired) electrons. The number of anilines is 2. The second kappa shape index (κ2) is 4.36. The summed E-state index contributed by atoms with van der Waals surface area (Å²) in [6.45, 7) is 2.02. The van der Waals surface area contributed by atoms with Crippen LogP contribution in [0.1, 0.15) is 13.3 Å². The molecule has 1 aromatic heterocycles. The van der Waals surface area contributed by atoms with Crippen molar-refractivity contribution in [3.8, 4) is 12.3 Å². The highest BCUT2D eigenvalue weighted by atomic mass is 14.9. The van der Waals surface area contributed by atoms with Gasteiger partial charge in [-0.3, -0.25) is 4.98 Å². The van der Waals surface area contributed by atoms with Crippen LogP contribution in [0.4, 0.5) is 11.4 Å². The molecule has 1 atom stereocenters. The fraction of sp³-hybridized carbons (Fsp3) is 0.300. The third kappa shape index (κ3) is 2.38. The number of terminal acetylenes is 1. The number of pyridine rings is 1. The van der Waals surface area contributed by atoms with Crippen LogP contribution < -0.4 is 11.1 Å². The van der Waals surface area contributed by atoms with Crippen molar-refractivity contribution in [2.45, 2.75) is 19.4 Å². The first-order valence-corrected chi connectivity index (χ1v) is 4.20. The number of nitrogen functional groups attached to an aromatic ring is 1. The van der Waals surface area contributed by atoms with Crippen LogP contribution in [0.5, 0.6) is 0 Å². The molecule has 0 aromatic carbocycles. The van der Waals surface area contributed by atoms with Gasteiger partial charge in [0, 0.05) is 6.20 Å².